The van der Waals surface area contributed by atoms with Crippen LogP contribution in [0.25, 0.3) is 0 Å². The maximum atomic E-state index is 13.5. The molecular formula is C11H15BrClFN2O2S. The largest absolute Gasteiger partial charge is 0.326 e. The van der Waals surface area contributed by atoms with Gasteiger partial charge in [0.1, 0.15) is 10.7 Å². The summed E-state index contributed by atoms with van der Waals surface area (Å²) in [6, 6.07) is 3.60. The van der Waals surface area contributed by atoms with E-state index in [2.05, 4.69) is 20.7 Å². The summed E-state index contributed by atoms with van der Waals surface area (Å²) >= 11 is 3.12. The topological polar surface area (TPSA) is 72.2 Å². The summed E-state index contributed by atoms with van der Waals surface area (Å²) in [6.45, 7) is 0.138. The van der Waals surface area contributed by atoms with E-state index in [0.29, 0.717) is 10.4 Å². The smallest absolute Gasteiger partial charge is 0.243 e. The van der Waals surface area contributed by atoms with E-state index in [9.17, 15) is 12.8 Å². The van der Waals surface area contributed by atoms with Crippen LogP contribution < -0.4 is 10.5 Å². The lowest BCUT2D eigenvalue weighted by Crippen LogP contribution is -2.38. The molecule has 4 nitrogen and oxygen atoms in total. The van der Waals surface area contributed by atoms with Crippen molar-refractivity contribution in [3.63, 3.8) is 0 Å². The monoisotopic (exact) mass is 372 g/mol. The second-order valence-electron chi connectivity index (χ2n) is 4.43. The Morgan fingerprint density at radius 1 is 1.47 bits per heavy atom. The first kappa shape index (κ1) is 16.8. The fourth-order valence-electron chi connectivity index (χ4n) is 1.66. The van der Waals surface area contributed by atoms with E-state index in [1.807, 2.05) is 0 Å². The molecule has 1 fully saturated rings. The van der Waals surface area contributed by atoms with Crippen molar-refractivity contribution in [2.24, 2.45) is 11.7 Å². The molecule has 0 spiro atoms. The van der Waals surface area contributed by atoms with E-state index < -0.39 is 15.8 Å². The van der Waals surface area contributed by atoms with E-state index in [4.69, 9.17) is 5.73 Å². The summed E-state index contributed by atoms with van der Waals surface area (Å²) in [5, 5.41) is 0. The summed E-state index contributed by atoms with van der Waals surface area (Å²) in [6.07, 6.45) is 2.07. The number of sulfonamides is 1. The molecule has 3 N–H and O–H groups in total. The molecule has 2 rings (SSSR count). The zero-order chi connectivity index (χ0) is 13.3. The van der Waals surface area contributed by atoms with Crippen molar-refractivity contribution >= 4 is 38.4 Å². The van der Waals surface area contributed by atoms with Crippen molar-refractivity contribution < 1.29 is 12.8 Å². The first-order valence-electron chi connectivity index (χ1n) is 5.60. The van der Waals surface area contributed by atoms with Crippen LogP contribution in [0, 0.1) is 11.7 Å². The van der Waals surface area contributed by atoms with Gasteiger partial charge in [-0.1, -0.05) is 15.9 Å². The Balaban J connectivity index is 0.00000180. The molecule has 0 aliphatic heterocycles. The van der Waals surface area contributed by atoms with Crippen molar-refractivity contribution in [2.75, 3.05) is 6.54 Å². The van der Waals surface area contributed by atoms with Gasteiger partial charge in [-0.2, -0.15) is 0 Å². The third-order valence-corrected chi connectivity index (χ3v) is 4.85. The Morgan fingerprint density at radius 3 is 2.68 bits per heavy atom. The Labute approximate surface area is 126 Å². The van der Waals surface area contributed by atoms with Crippen LogP contribution >= 0.6 is 28.3 Å². The molecule has 1 unspecified atom stereocenters. The van der Waals surface area contributed by atoms with Crippen LogP contribution in [0.3, 0.4) is 0 Å². The van der Waals surface area contributed by atoms with Crippen LogP contribution in [0.15, 0.2) is 27.6 Å². The van der Waals surface area contributed by atoms with Gasteiger partial charge in [-0.15, -0.1) is 12.4 Å². The summed E-state index contributed by atoms with van der Waals surface area (Å²) in [5.41, 5.74) is 5.80. The molecule has 0 heterocycles. The van der Waals surface area contributed by atoms with E-state index in [0.717, 1.165) is 18.9 Å². The van der Waals surface area contributed by atoms with E-state index in [-0.39, 0.29) is 29.9 Å². The molecule has 0 aromatic heterocycles. The van der Waals surface area contributed by atoms with Crippen molar-refractivity contribution in [1.82, 2.24) is 4.72 Å². The molecule has 0 bridgehead atoms. The number of benzene rings is 1. The summed E-state index contributed by atoms with van der Waals surface area (Å²) in [7, 11) is -3.85. The fourth-order valence-corrected chi connectivity index (χ4v) is 3.34. The van der Waals surface area contributed by atoms with Gasteiger partial charge in [0.05, 0.1) is 0 Å². The van der Waals surface area contributed by atoms with Crippen LogP contribution in [0.5, 0.6) is 0 Å². The van der Waals surface area contributed by atoms with Gasteiger partial charge in [0.15, 0.2) is 0 Å². The van der Waals surface area contributed by atoms with Gasteiger partial charge in [0.25, 0.3) is 0 Å². The van der Waals surface area contributed by atoms with Crippen molar-refractivity contribution in [3.05, 3.63) is 28.5 Å². The highest BCUT2D eigenvalue weighted by atomic mass is 79.9. The molecule has 1 aromatic rings. The van der Waals surface area contributed by atoms with E-state index in [1.165, 1.54) is 12.1 Å². The lowest BCUT2D eigenvalue weighted by Gasteiger charge is -2.12. The van der Waals surface area contributed by atoms with Crippen LogP contribution in [0.1, 0.15) is 12.8 Å². The highest BCUT2D eigenvalue weighted by molar-refractivity contribution is 9.10. The maximum absolute atomic E-state index is 13.5. The molecule has 1 aromatic carbocycles. The zero-order valence-electron chi connectivity index (χ0n) is 9.97. The van der Waals surface area contributed by atoms with E-state index >= 15 is 0 Å². The number of nitrogens with two attached hydrogens (primary N) is 1. The molecule has 1 aliphatic rings. The van der Waals surface area contributed by atoms with Crippen molar-refractivity contribution in [3.8, 4) is 0 Å². The standard InChI is InChI=1S/C11H14BrFN2O2S.ClH/c12-8-3-4-9(13)11(5-8)18(16,17)15-6-10(14)7-1-2-7;/h3-5,7,10,15H,1-2,6,14H2;1H. The van der Waals surface area contributed by atoms with Gasteiger partial charge in [0, 0.05) is 17.1 Å². The highest BCUT2D eigenvalue weighted by Crippen LogP contribution is 2.31. The van der Waals surface area contributed by atoms with Crippen molar-refractivity contribution in [2.45, 2.75) is 23.8 Å². The average Bonchev–Trinajstić information content (AvgIpc) is 3.13. The highest BCUT2D eigenvalue weighted by Gasteiger charge is 2.29. The van der Waals surface area contributed by atoms with Crippen molar-refractivity contribution in [1.29, 1.82) is 0 Å². The Morgan fingerprint density at radius 2 is 2.11 bits per heavy atom. The number of halogens is 3. The first-order chi connectivity index (χ1) is 8.40. The molecule has 0 amide bonds. The lowest BCUT2D eigenvalue weighted by atomic mass is 10.2. The number of hydrogen-bond acceptors (Lipinski definition) is 3. The van der Waals surface area contributed by atoms with Crippen LogP contribution in [-0.4, -0.2) is 21.0 Å². The summed E-state index contributed by atoms with van der Waals surface area (Å²) < 4.78 is 40.2. The maximum Gasteiger partial charge on any atom is 0.243 e. The minimum Gasteiger partial charge on any atom is -0.326 e. The van der Waals surface area contributed by atoms with Crippen LogP contribution in [0.2, 0.25) is 0 Å². The Bertz CT molecular complexity index is 552. The molecule has 108 valence electrons. The van der Waals surface area contributed by atoms with Crippen LogP contribution in [0.4, 0.5) is 4.39 Å². The molecule has 1 saturated carbocycles. The number of rotatable bonds is 5. The number of nitrogens with one attached hydrogen (secondary N) is 1. The SMILES string of the molecule is Cl.NC(CNS(=O)(=O)c1cc(Br)ccc1F)C1CC1. The lowest BCUT2D eigenvalue weighted by molar-refractivity contribution is 0.536. The van der Waals surface area contributed by atoms with E-state index in [1.54, 1.807) is 0 Å². The average molecular weight is 374 g/mol. The summed E-state index contributed by atoms with van der Waals surface area (Å²) in [4.78, 5) is -0.361. The normalized spacial score (nSPS) is 16.8. The second-order valence-corrected chi connectivity index (χ2v) is 7.08. The second kappa shape index (κ2) is 6.49. The number of hydrogen-bond donors (Lipinski definition) is 2. The molecule has 0 saturated heterocycles. The predicted molar refractivity (Wildman–Crippen MR) is 77.2 cm³/mol. The molecular weight excluding hydrogens is 359 g/mol. The van der Waals surface area contributed by atoms with Gasteiger partial charge < -0.3 is 5.73 Å². The predicted octanol–water partition coefficient (Wildman–Crippen LogP) is 2.03. The third-order valence-electron chi connectivity index (χ3n) is 2.92. The quantitative estimate of drug-likeness (QED) is 0.829. The van der Waals surface area contributed by atoms with Gasteiger partial charge in [-0.3, -0.25) is 0 Å². The first-order valence-corrected chi connectivity index (χ1v) is 7.88. The van der Waals surface area contributed by atoms with Gasteiger partial charge in [-0.25, -0.2) is 17.5 Å². The minimum atomic E-state index is -3.85. The zero-order valence-corrected chi connectivity index (χ0v) is 13.2. The molecule has 19 heavy (non-hydrogen) atoms. The fraction of sp³-hybridized carbons (Fsp3) is 0.455. The molecule has 1 atom stereocenters. The minimum absolute atomic E-state index is 0. The molecule has 8 heteroatoms. The molecule has 1 aliphatic carbocycles. The molecule has 0 radical (unpaired) electrons. The van der Waals surface area contributed by atoms with Gasteiger partial charge >= 0.3 is 0 Å². The Kier molecular flexibility index (Phi) is 5.76. The Hall–Kier alpha value is -0.210. The van der Waals surface area contributed by atoms with Crippen LogP contribution in [-0.2, 0) is 10.0 Å². The van der Waals surface area contributed by atoms with Gasteiger partial charge in [-0.05, 0) is 37.0 Å². The third kappa shape index (κ3) is 4.39. The summed E-state index contributed by atoms with van der Waals surface area (Å²) in [5.74, 6) is -0.384. The van der Waals surface area contributed by atoms with Gasteiger partial charge in [0.2, 0.25) is 10.0 Å².